The van der Waals surface area contributed by atoms with Crippen LogP contribution in [0.25, 0.3) is 11.1 Å². The van der Waals surface area contributed by atoms with Gasteiger partial charge in [0.2, 0.25) is 0 Å². The number of nitrogens with zero attached hydrogens (tertiary/aromatic N) is 1. The average Bonchev–Trinajstić information content (AvgIpc) is 2.46. The van der Waals surface area contributed by atoms with Crippen molar-refractivity contribution in [2.75, 3.05) is 0 Å². The Labute approximate surface area is 125 Å². The highest BCUT2D eigenvalue weighted by Gasteiger charge is 2.48. The Kier molecular flexibility index (Phi) is 3.96. The standard InChI is InChI=1S/C16H14F3NO2/c1-15(2,16(17,18)19)11-5-3-4-10(8-11)13-9-20-7-6-12(13)14(21)22/h3-9H,1-2H3,(H,21,22). The molecule has 0 aliphatic carbocycles. The summed E-state index contributed by atoms with van der Waals surface area (Å²) in [5, 5.41) is 9.18. The normalized spacial score (nSPS) is 12.2. The van der Waals surface area contributed by atoms with E-state index in [9.17, 15) is 23.1 Å². The van der Waals surface area contributed by atoms with E-state index in [0.717, 1.165) is 13.8 Å². The Morgan fingerprint density at radius 3 is 2.45 bits per heavy atom. The van der Waals surface area contributed by atoms with Gasteiger partial charge in [0.25, 0.3) is 0 Å². The van der Waals surface area contributed by atoms with Crippen LogP contribution in [0.3, 0.4) is 0 Å². The van der Waals surface area contributed by atoms with Gasteiger partial charge in [0.15, 0.2) is 0 Å². The summed E-state index contributed by atoms with van der Waals surface area (Å²) >= 11 is 0. The highest BCUT2D eigenvalue weighted by atomic mass is 19.4. The molecule has 1 aromatic heterocycles. The zero-order valence-electron chi connectivity index (χ0n) is 12.0. The van der Waals surface area contributed by atoms with Crippen LogP contribution in [0.2, 0.25) is 0 Å². The summed E-state index contributed by atoms with van der Waals surface area (Å²) in [7, 11) is 0. The molecule has 1 N–H and O–H groups in total. The summed E-state index contributed by atoms with van der Waals surface area (Å²) in [5.74, 6) is -1.15. The molecule has 1 heterocycles. The van der Waals surface area contributed by atoms with Crippen molar-refractivity contribution in [1.82, 2.24) is 4.98 Å². The predicted octanol–water partition coefficient (Wildman–Crippen LogP) is 4.29. The third kappa shape index (κ3) is 2.81. The van der Waals surface area contributed by atoms with Gasteiger partial charge in [0, 0.05) is 18.0 Å². The molecule has 1 aromatic carbocycles. The molecule has 0 bridgehead atoms. The van der Waals surface area contributed by atoms with Gasteiger partial charge in [-0.3, -0.25) is 4.98 Å². The molecule has 0 amide bonds. The molecule has 2 rings (SSSR count). The van der Waals surface area contributed by atoms with Crippen LogP contribution in [-0.2, 0) is 5.41 Å². The van der Waals surface area contributed by atoms with Gasteiger partial charge in [-0.2, -0.15) is 13.2 Å². The first-order chi connectivity index (χ1) is 10.1. The number of carboxylic acids is 1. The third-order valence-corrected chi connectivity index (χ3v) is 3.66. The lowest BCUT2D eigenvalue weighted by molar-refractivity contribution is -0.180. The molecule has 0 radical (unpaired) electrons. The summed E-state index contributed by atoms with van der Waals surface area (Å²) in [6.45, 7) is 2.18. The minimum Gasteiger partial charge on any atom is -0.478 e. The van der Waals surface area contributed by atoms with Gasteiger partial charge in [-0.15, -0.1) is 0 Å². The van der Waals surface area contributed by atoms with Crippen LogP contribution >= 0.6 is 0 Å². The highest BCUT2D eigenvalue weighted by Crippen LogP contribution is 2.41. The largest absolute Gasteiger partial charge is 0.478 e. The number of alkyl halides is 3. The molecule has 0 atom stereocenters. The minimum atomic E-state index is -4.41. The van der Waals surface area contributed by atoms with Crippen LogP contribution in [-0.4, -0.2) is 22.2 Å². The van der Waals surface area contributed by atoms with E-state index in [1.54, 1.807) is 6.07 Å². The molecular weight excluding hydrogens is 295 g/mol. The molecule has 0 spiro atoms. The fourth-order valence-electron chi connectivity index (χ4n) is 2.05. The van der Waals surface area contributed by atoms with E-state index >= 15 is 0 Å². The monoisotopic (exact) mass is 309 g/mol. The van der Waals surface area contributed by atoms with Crippen LogP contribution in [0, 0.1) is 0 Å². The molecule has 6 heteroatoms. The molecule has 0 aliphatic heterocycles. The summed E-state index contributed by atoms with van der Waals surface area (Å²) in [5.41, 5.74) is -1.29. The van der Waals surface area contributed by atoms with Crippen molar-refractivity contribution in [2.24, 2.45) is 0 Å². The Morgan fingerprint density at radius 2 is 1.86 bits per heavy atom. The van der Waals surface area contributed by atoms with Crippen molar-refractivity contribution in [1.29, 1.82) is 0 Å². The van der Waals surface area contributed by atoms with Gasteiger partial charge in [0.1, 0.15) is 0 Å². The summed E-state index contributed by atoms with van der Waals surface area (Å²) in [4.78, 5) is 15.1. The van der Waals surface area contributed by atoms with Crippen LogP contribution in [0.5, 0.6) is 0 Å². The Hall–Kier alpha value is -2.37. The van der Waals surface area contributed by atoms with E-state index < -0.39 is 17.6 Å². The van der Waals surface area contributed by atoms with Crippen LogP contribution in [0.4, 0.5) is 13.2 Å². The van der Waals surface area contributed by atoms with Crippen LogP contribution in [0.15, 0.2) is 42.7 Å². The predicted molar refractivity (Wildman–Crippen MR) is 75.7 cm³/mol. The van der Waals surface area contributed by atoms with E-state index in [2.05, 4.69) is 4.98 Å². The van der Waals surface area contributed by atoms with Crippen LogP contribution in [0.1, 0.15) is 29.8 Å². The molecule has 2 aromatic rings. The first-order valence-electron chi connectivity index (χ1n) is 6.49. The molecule has 0 aliphatic rings. The second-order valence-corrected chi connectivity index (χ2v) is 5.43. The third-order valence-electron chi connectivity index (χ3n) is 3.66. The number of benzene rings is 1. The summed E-state index contributed by atoms with van der Waals surface area (Å²) in [6, 6.07) is 7.11. The van der Waals surface area contributed by atoms with E-state index in [0.29, 0.717) is 5.56 Å². The van der Waals surface area contributed by atoms with E-state index in [4.69, 9.17) is 0 Å². The molecule has 116 valence electrons. The summed E-state index contributed by atoms with van der Waals surface area (Å²) < 4.78 is 39.5. The number of aromatic nitrogens is 1. The Balaban J connectivity index is 2.58. The summed E-state index contributed by atoms with van der Waals surface area (Å²) in [6.07, 6.45) is -1.74. The molecule has 22 heavy (non-hydrogen) atoms. The zero-order valence-corrected chi connectivity index (χ0v) is 12.0. The number of hydrogen-bond acceptors (Lipinski definition) is 2. The number of rotatable bonds is 3. The van der Waals surface area contributed by atoms with E-state index in [1.807, 2.05) is 0 Å². The van der Waals surface area contributed by atoms with E-state index in [1.165, 1.54) is 36.7 Å². The number of hydrogen-bond donors (Lipinski definition) is 1. The lowest BCUT2D eigenvalue weighted by atomic mass is 9.82. The van der Waals surface area contributed by atoms with Gasteiger partial charge in [-0.05, 0) is 31.0 Å². The average molecular weight is 309 g/mol. The van der Waals surface area contributed by atoms with Gasteiger partial charge < -0.3 is 5.11 Å². The van der Waals surface area contributed by atoms with Crippen molar-refractivity contribution in [3.05, 3.63) is 53.9 Å². The number of pyridine rings is 1. The van der Waals surface area contributed by atoms with Crippen molar-refractivity contribution in [3.63, 3.8) is 0 Å². The van der Waals surface area contributed by atoms with Gasteiger partial charge in [-0.1, -0.05) is 24.3 Å². The fourth-order valence-corrected chi connectivity index (χ4v) is 2.05. The second-order valence-electron chi connectivity index (χ2n) is 5.43. The quantitative estimate of drug-likeness (QED) is 0.920. The van der Waals surface area contributed by atoms with Crippen LogP contribution < -0.4 is 0 Å². The smallest absolute Gasteiger partial charge is 0.397 e. The maximum Gasteiger partial charge on any atom is 0.397 e. The topological polar surface area (TPSA) is 50.2 Å². The SMILES string of the molecule is CC(C)(c1cccc(-c2cnccc2C(=O)O)c1)C(F)(F)F. The minimum absolute atomic E-state index is 0.00281. The van der Waals surface area contributed by atoms with E-state index in [-0.39, 0.29) is 16.7 Å². The maximum absolute atomic E-state index is 13.2. The van der Waals surface area contributed by atoms with Crippen molar-refractivity contribution in [3.8, 4) is 11.1 Å². The molecule has 0 saturated heterocycles. The highest BCUT2D eigenvalue weighted by molar-refractivity contribution is 5.95. The number of halogens is 3. The molecule has 0 fully saturated rings. The van der Waals surface area contributed by atoms with Crippen molar-refractivity contribution >= 4 is 5.97 Å². The number of aromatic carboxylic acids is 1. The van der Waals surface area contributed by atoms with Crippen molar-refractivity contribution < 1.29 is 23.1 Å². The van der Waals surface area contributed by atoms with Gasteiger partial charge >= 0.3 is 12.1 Å². The Bertz CT molecular complexity index is 709. The number of carbonyl (C=O) groups is 1. The molecular formula is C16H14F3NO2. The molecule has 0 unspecified atom stereocenters. The first kappa shape index (κ1) is 16.0. The van der Waals surface area contributed by atoms with Crippen molar-refractivity contribution in [2.45, 2.75) is 25.4 Å². The molecule has 0 saturated carbocycles. The fraction of sp³-hybridized carbons (Fsp3) is 0.250. The lowest BCUT2D eigenvalue weighted by Gasteiger charge is -2.28. The lowest BCUT2D eigenvalue weighted by Crippen LogP contribution is -2.36. The second kappa shape index (κ2) is 5.44. The number of carboxylic acid groups (broad SMARTS) is 1. The maximum atomic E-state index is 13.2. The molecule has 3 nitrogen and oxygen atoms in total. The van der Waals surface area contributed by atoms with Gasteiger partial charge in [0.05, 0.1) is 11.0 Å². The zero-order chi connectivity index (χ0) is 16.5. The van der Waals surface area contributed by atoms with Gasteiger partial charge in [-0.25, -0.2) is 4.79 Å². The Morgan fingerprint density at radius 1 is 1.18 bits per heavy atom. The first-order valence-corrected chi connectivity index (χ1v) is 6.49.